The maximum Gasteiger partial charge on any atom is 0.238 e. The van der Waals surface area contributed by atoms with E-state index in [0.29, 0.717) is 18.0 Å². The normalized spacial score (nSPS) is 21.0. The van der Waals surface area contributed by atoms with Crippen LogP contribution >= 0.6 is 15.9 Å². The number of carbonyl (C=O) groups excluding carboxylic acids is 1. The van der Waals surface area contributed by atoms with Crippen molar-refractivity contribution < 1.29 is 4.79 Å². The van der Waals surface area contributed by atoms with Crippen LogP contribution in [0.4, 0.5) is 5.69 Å². The van der Waals surface area contributed by atoms with Gasteiger partial charge in [0.2, 0.25) is 5.91 Å². The van der Waals surface area contributed by atoms with E-state index in [2.05, 4.69) is 40.4 Å². The maximum atomic E-state index is 11.7. The minimum absolute atomic E-state index is 0.00928. The topological polar surface area (TPSA) is 41.1 Å². The van der Waals surface area contributed by atoms with E-state index in [1.165, 1.54) is 0 Å². The van der Waals surface area contributed by atoms with Gasteiger partial charge in [0, 0.05) is 16.2 Å². The second kappa shape index (κ2) is 4.78. The predicted octanol–water partition coefficient (Wildman–Crippen LogP) is 2.78. The third-order valence-corrected chi connectivity index (χ3v) is 3.68. The summed E-state index contributed by atoms with van der Waals surface area (Å²) in [6.45, 7) is 4.79. The van der Waals surface area contributed by atoms with Crippen molar-refractivity contribution in [2.45, 2.75) is 26.3 Å². The Morgan fingerprint density at radius 2 is 2.00 bits per heavy atom. The zero-order valence-electron chi connectivity index (χ0n) is 10.1. The van der Waals surface area contributed by atoms with E-state index in [1.807, 2.05) is 24.3 Å². The monoisotopic (exact) mass is 296 g/mol. The summed E-state index contributed by atoms with van der Waals surface area (Å²) >= 11 is 3.36. The fraction of sp³-hybridized carbons (Fsp3) is 0.462. The fourth-order valence-corrected chi connectivity index (χ4v) is 2.03. The first-order valence-electron chi connectivity index (χ1n) is 5.76. The van der Waals surface area contributed by atoms with Gasteiger partial charge in [0.15, 0.2) is 0 Å². The number of amides is 1. The molecule has 92 valence electrons. The molecular weight excluding hydrogens is 280 g/mol. The number of nitrogens with one attached hydrogen (secondary N) is 2. The Balaban J connectivity index is 1.76. The molecule has 1 aromatic rings. The smallest absolute Gasteiger partial charge is 0.238 e. The molecule has 0 saturated heterocycles. The van der Waals surface area contributed by atoms with Crippen LogP contribution in [-0.4, -0.2) is 18.5 Å². The molecule has 1 unspecified atom stereocenters. The number of hydrogen-bond acceptors (Lipinski definition) is 2. The highest BCUT2D eigenvalue weighted by atomic mass is 79.9. The molecule has 1 aliphatic carbocycles. The molecule has 1 saturated carbocycles. The Kier molecular flexibility index (Phi) is 3.54. The molecule has 0 aliphatic heterocycles. The molecule has 3 nitrogen and oxygen atoms in total. The molecule has 17 heavy (non-hydrogen) atoms. The molecule has 0 heterocycles. The third-order valence-electron chi connectivity index (χ3n) is 3.15. The van der Waals surface area contributed by atoms with Gasteiger partial charge in [-0.25, -0.2) is 0 Å². The lowest BCUT2D eigenvalue weighted by atomic mass is 10.2. The average Bonchev–Trinajstić information content (AvgIpc) is 2.87. The highest BCUT2D eigenvalue weighted by Gasteiger charge is 2.45. The van der Waals surface area contributed by atoms with Gasteiger partial charge in [0.25, 0.3) is 0 Å². The molecule has 1 atom stereocenters. The number of anilines is 1. The van der Waals surface area contributed by atoms with Crippen LogP contribution in [0.5, 0.6) is 0 Å². The molecule has 2 N–H and O–H groups in total. The van der Waals surface area contributed by atoms with E-state index in [9.17, 15) is 4.79 Å². The summed E-state index contributed by atoms with van der Waals surface area (Å²) in [5.74, 6) is 0.00928. The van der Waals surface area contributed by atoms with Crippen molar-refractivity contribution in [2.24, 2.45) is 5.41 Å². The van der Waals surface area contributed by atoms with Crippen molar-refractivity contribution in [1.82, 2.24) is 5.32 Å². The van der Waals surface area contributed by atoms with Crippen molar-refractivity contribution >= 4 is 27.5 Å². The molecule has 4 heteroatoms. The first-order valence-corrected chi connectivity index (χ1v) is 6.55. The lowest BCUT2D eigenvalue weighted by molar-refractivity contribution is -0.115. The number of hydrogen-bond donors (Lipinski definition) is 2. The lowest BCUT2D eigenvalue weighted by Crippen LogP contribution is -2.31. The SMILES string of the molecule is CC1(C)CC1NCC(=O)Nc1ccc(Br)cc1. The van der Waals surface area contributed by atoms with Crippen LogP contribution < -0.4 is 10.6 Å². The molecule has 1 aliphatic rings. The first-order chi connectivity index (χ1) is 7.97. The predicted molar refractivity (Wildman–Crippen MR) is 73.0 cm³/mol. The molecule has 1 fully saturated rings. The minimum atomic E-state index is 0.00928. The maximum absolute atomic E-state index is 11.7. The molecule has 1 aromatic carbocycles. The van der Waals surface area contributed by atoms with Gasteiger partial charge < -0.3 is 10.6 Å². The summed E-state index contributed by atoms with van der Waals surface area (Å²) < 4.78 is 1.01. The summed E-state index contributed by atoms with van der Waals surface area (Å²) in [5.41, 5.74) is 1.19. The van der Waals surface area contributed by atoms with Crippen LogP contribution in [0.3, 0.4) is 0 Å². The molecule has 0 bridgehead atoms. The van der Waals surface area contributed by atoms with Crippen LogP contribution in [0, 0.1) is 5.41 Å². The highest BCUT2D eigenvalue weighted by Crippen LogP contribution is 2.44. The van der Waals surface area contributed by atoms with Crippen LogP contribution in [0.25, 0.3) is 0 Å². The van der Waals surface area contributed by atoms with E-state index >= 15 is 0 Å². The number of rotatable bonds is 4. The summed E-state index contributed by atoms with van der Waals surface area (Å²) in [7, 11) is 0. The van der Waals surface area contributed by atoms with Gasteiger partial charge in [0.1, 0.15) is 0 Å². The first kappa shape index (κ1) is 12.6. The van der Waals surface area contributed by atoms with Gasteiger partial charge in [-0.3, -0.25) is 4.79 Å². The van der Waals surface area contributed by atoms with Crippen molar-refractivity contribution in [2.75, 3.05) is 11.9 Å². The van der Waals surface area contributed by atoms with Gasteiger partial charge in [-0.05, 0) is 36.1 Å². The Morgan fingerprint density at radius 3 is 2.53 bits per heavy atom. The zero-order chi connectivity index (χ0) is 12.5. The summed E-state index contributed by atoms with van der Waals surface area (Å²) in [4.78, 5) is 11.7. The standard InChI is InChI=1S/C13H17BrN2O/c1-13(2)7-11(13)15-8-12(17)16-10-5-3-9(14)4-6-10/h3-6,11,15H,7-8H2,1-2H3,(H,16,17). The Labute approximate surface area is 110 Å². The molecule has 0 spiro atoms. The molecular formula is C13H17BrN2O. The summed E-state index contributed by atoms with van der Waals surface area (Å²) in [6, 6.07) is 8.06. The molecule has 1 amide bonds. The Hall–Kier alpha value is -0.870. The van der Waals surface area contributed by atoms with E-state index in [0.717, 1.165) is 16.6 Å². The van der Waals surface area contributed by atoms with Crippen molar-refractivity contribution in [3.8, 4) is 0 Å². The number of halogens is 1. The van der Waals surface area contributed by atoms with E-state index in [-0.39, 0.29) is 5.91 Å². The number of carbonyl (C=O) groups is 1. The second-order valence-corrected chi connectivity index (χ2v) is 6.10. The minimum Gasteiger partial charge on any atom is -0.325 e. The number of benzene rings is 1. The van der Waals surface area contributed by atoms with Crippen LogP contribution in [-0.2, 0) is 4.79 Å². The lowest BCUT2D eigenvalue weighted by Gasteiger charge is -2.07. The van der Waals surface area contributed by atoms with E-state index in [1.54, 1.807) is 0 Å². The van der Waals surface area contributed by atoms with Crippen LogP contribution in [0.15, 0.2) is 28.7 Å². The largest absolute Gasteiger partial charge is 0.325 e. The third kappa shape index (κ3) is 3.54. The van der Waals surface area contributed by atoms with Gasteiger partial charge >= 0.3 is 0 Å². The van der Waals surface area contributed by atoms with E-state index < -0.39 is 0 Å². The van der Waals surface area contributed by atoms with Gasteiger partial charge in [-0.1, -0.05) is 29.8 Å². The van der Waals surface area contributed by atoms with Gasteiger partial charge in [-0.2, -0.15) is 0 Å². The summed E-state index contributed by atoms with van der Waals surface area (Å²) in [5, 5.41) is 6.11. The highest BCUT2D eigenvalue weighted by molar-refractivity contribution is 9.10. The van der Waals surface area contributed by atoms with Gasteiger partial charge in [-0.15, -0.1) is 0 Å². The van der Waals surface area contributed by atoms with Crippen molar-refractivity contribution in [1.29, 1.82) is 0 Å². The van der Waals surface area contributed by atoms with Crippen molar-refractivity contribution in [3.63, 3.8) is 0 Å². The Bertz CT molecular complexity index is 414. The molecule has 0 aromatic heterocycles. The van der Waals surface area contributed by atoms with Crippen LogP contribution in [0.2, 0.25) is 0 Å². The average molecular weight is 297 g/mol. The molecule has 0 radical (unpaired) electrons. The van der Waals surface area contributed by atoms with E-state index in [4.69, 9.17) is 0 Å². The zero-order valence-corrected chi connectivity index (χ0v) is 11.7. The second-order valence-electron chi connectivity index (χ2n) is 5.18. The van der Waals surface area contributed by atoms with Gasteiger partial charge in [0.05, 0.1) is 6.54 Å². The Morgan fingerprint density at radius 1 is 1.41 bits per heavy atom. The van der Waals surface area contributed by atoms with Crippen LogP contribution in [0.1, 0.15) is 20.3 Å². The van der Waals surface area contributed by atoms with Crippen molar-refractivity contribution in [3.05, 3.63) is 28.7 Å². The fourth-order valence-electron chi connectivity index (χ4n) is 1.77. The molecule has 2 rings (SSSR count). The summed E-state index contributed by atoms with van der Waals surface area (Å²) in [6.07, 6.45) is 1.15. The quantitative estimate of drug-likeness (QED) is 0.897.